The molecule has 2 aromatic carbocycles. The van der Waals surface area contributed by atoms with Gasteiger partial charge in [-0.15, -0.1) is 13.2 Å². The molecule has 0 fully saturated rings. The Hall–Kier alpha value is -3.23. The summed E-state index contributed by atoms with van der Waals surface area (Å²) in [6.45, 7) is 0.358. The zero-order chi connectivity index (χ0) is 20.1. The molecule has 0 bridgehead atoms. The summed E-state index contributed by atoms with van der Waals surface area (Å²) in [6, 6.07) is 13.1. The van der Waals surface area contributed by atoms with Gasteiger partial charge in [-0.25, -0.2) is 4.99 Å². The molecule has 0 atom stereocenters. The summed E-state index contributed by atoms with van der Waals surface area (Å²) in [7, 11) is 0. The zero-order valence-corrected chi connectivity index (χ0v) is 14.9. The summed E-state index contributed by atoms with van der Waals surface area (Å²) < 4.78 is 41.4. The lowest BCUT2D eigenvalue weighted by atomic mass is 10.0. The van der Waals surface area contributed by atoms with Crippen molar-refractivity contribution in [2.75, 3.05) is 23.3 Å². The number of carbonyl (C=O) groups excluding carboxylic acids is 1. The Morgan fingerprint density at radius 1 is 1.18 bits per heavy atom. The van der Waals surface area contributed by atoms with Gasteiger partial charge in [0.05, 0.1) is 5.69 Å². The Balaban J connectivity index is 1.67. The van der Waals surface area contributed by atoms with Gasteiger partial charge in [0, 0.05) is 12.2 Å². The maximum absolute atomic E-state index is 12.5. The molecule has 9 heteroatoms. The number of benzene rings is 2. The van der Waals surface area contributed by atoms with Crippen molar-refractivity contribution in [1.29, 1.82) is 0 Å². The van der Waals surface area contributed by atoms with Crippen molar-refractivity contribution in [3.05, 3.63) is 54.1 Å². The molecule has 1 amide bonds. The van der Waals surface area contributed by atoms with Crippen molar-refractivity contribution in [1.82, 2.24) is 0 Å². The first kappa shape index (κ1) is 19.5. The molecule has 0 unspecified atom stereocenters. The first-order chi connectivity index (χ1) is 13.3. The summed E-state index contributed by atoms with van der Waals surface area (Å²) in [5.41, 5.74) is 7.68. The van der Waals surface area contributed by atoms with Gasteiger partial charge in [-0.05, 0) is 36.6 Å². The van der Waals surface area contributed by atoms with Crippen LogP contribution in [0.5, 0.6) is 5.75 Å². The number of halogens is 3. The minimum Gasteiger partial charge on any atom is -0.404 e. The minimum absolute atomic E-state index is 0.00292. The Bertz CT molecular complexity index is 883. The number of para-hydroxylation sites is 3. The molecular weight excluding hydrogens is 373 g/mol. The molecule has 2 aromatic rings. The summed E-state index contributed by atoms with van der Waals surface area (Å²) in [4.78, 5) is 18.1. The standard InChI is InChI=1S/C19H19F3N4O2/c20-19(21,22)28-16-10-4-2-8-14(16)25-18(23)24-12-17(27)26-11-5-7-13-6-1-3-9-15(13)26/h1-4,6,8-10H,5,7,11-12H2,(H3,23,24,25). The van der Waals surface area contributed by atoms with Gasteiger partial charge in [-0.1, -0.05) is 30.3 Å². The molecule has 0 saturated carbocycles. The number of aryl methyl sites for hydroxylation is 1. The highest BCUT2D eigenvalue weighted by atomic mass is 19.4. The highest BCUT2D eigenvalue weighted by Gasteiger charge is 2.32. The van der Waals surface area contributed by atoms with Gasteiger partial charge in [0.1, 0.15) is 6.54 Å². The smallest absolute Gasteiger partial charge is 0.404 e. The van der Waals surface area contributed by atoms with E-state index < -0.39 is 12.1 Å². The third kappa shape index (κ3) is 4.93. The second-order valence-electron chi connectivity index (χ2n) is 6.15. The number of nitrogens with one attached hydrogen (secondary N) is 1. The van der Waals surface area contributed by atoms with E-state index in [0.29, 0.717) is 6.54 Å². The number of nitrogens with two attached hydrogens (primary N) is 1. The van der Waals surface area contributed by atoms with Gasteiger partial charge >= 0.3 is 6.36 Å². The lowest BCUT2D eigenvalue weighted by Crippen LogP contribution is -2.37. The maximum Gasteiger partial charge on any atom is 0.573 e. The Morgan fingerprint density at radius 3 is 2.68 bits per heavy atom. The van der Waals surface area contributed by atoms with Crippen molar-refractivity contribution in [2.24, 2.45) is 10.7 Å². The van der Waals surface area contributed by atoms with Crippen molar-refractivity contribution in [3.8, 4) is 5.75 Å². The van der Waals surface area contributed by atoms with Crippen molar-refractivity contribution < 1.29 is 22.7 Å². The van der Waals surface area contributed by atoms with Gasteiger partial charge < -0.3 is 20.7 Å². The lowest BCUT2D eigenvalue weighted by Gasteiger charge is -2.29. The number of fused-ring (bicyclic) bond motifs is 1. The summed E-state index contributed by atoms with van der Waals surface area (Å²) in [5.74, 6) is -0.863. The van der Waals surface area contributed by atoms with E-state index in [9.17, 15) is 18.0 Å². The minimum atomic E-state index is -4.83. The predicted molar refractivity (Wildman–Crippen MR) is 100 cm³/mol. The van der Waals surface area contributed by atoms with Crippen LogP contribution in [-0.2, 0) is 11.2 Å². The average molecular weight is 392 g/mol. The molecular formula is C19H19F3N4O2. The van der Waals surface area contributed by atoms with Crippen LogP contribution in [0.4, 0.5) is 24.5 Å². The molecule has 0 aliphatic carbocycles. The average Bonchev–Trinajstić information content (AvgIpc) is 2.66. The molecule has 0 radical (unpaired) electrons. The quantitative estimate of drug-likeness (QED) is 0.618. The molecule has 148 valence electrons. The van der Waals surface area contributed by atoms with Crippen LogP contribution in [-0.4, -0.2) is 31.3 Å². The number of anilines is 2. The van der Waals surface area contributed by atoms with Gasteiger partial charge in [-0.2, -0.15) is 0 Å². The molecule has 1 aliphatic heterocycles. The highest BCUT2D eigenvalue weighted by Crippen LogP contribution is 2.30. The topological polar surface area (TPSA) is 80.0 Å². The van der Waals surface area contributed by atoms with E-state index >= 15 is 0 Å². The normalized spacial score (nSPS) is 14.4. The number of amides is 1. The Labute approximate surface area is 159 Å². The van der Waals surface area contributed by atoms with E-state index in [1.54, 1.807) is 4.90 Å². The van der Waals surface area contributed by atoms with Crippen LogP contribution in [0.1, 0.15) is 12.0 Å². The molecule has 28 heavy (non-hydrogen) atoms. The second kappa shape index (κ2) is 8.20. The van der Waals surface area contributed by atoms with Crippen LogP contribution < -0.4 is 20.7 Å². The molecule has 0 aromatic heterocycles. The molecule has 3 N–H and O–H groups in total. The van der Waals surface area contributed by atoms with Crippen LogP contribution in [0.25, 0.3) is 0 Å². The fourth-order valence-electron chi connectivity index (χ4n) is 2.99. The van der Waals surface area contributed by atoms with Gasteiger partial charge in [-0.3, -0.25) is 4.79 Å². The Kier molecular flexibility index (Phi) is 5.72. The first-order valence-corrected chi connectivity index (χ1v) is 8.63. The van der Waals surface area contributed by atoms with Crippen LogP contribution in [0.2, 0.25) is 0 Å². The molecule has 0 saturated heterocycles. The number of nitrogens with zero attached hydrogens (tertiary/aromatic N) is 2. The van der Waals surface area contributed by atoms with E-state index in [0.717, 1.165) is 30.2 Å². The zero-order valence-electron chi connectivity index (χ0n) is 14.9. The SMILES string of the molecule is NC(=NCC(=O)N1CCCc2ccccc21)Nc1ccccc1OC(F)(F)F. The highest BCUT2D eigenvalue weighted by molar-refractivity contribution is 5.99. The number of guanidine groups is 1. The number of alkyl halides is 3. The Morgan fingerprint density at radius 2 is 1.89 bits per heavy atom. The predicted octanol–water partition coefficient (Wildman–Crippen LogP) is 3.29. The van der Waals surface area contributed by atoms with Crippen molar-refractivity contribution >= 4 is 23.2 Å². The maximum atomic E-state index is 12.5. The first-order valence-electron chi connectivity index (χ1n) is 8.63. The van der Waals surface area contributed by atoms with Crippen molar-refractivity contribution in [2.45, 2.75) is 19.2 Å². The number of rotatable bonds is 4. The number of ether oxygens (including phenoxy) is 1. The largest absolute Gasteiger partial charge is 0.573 e. The van der Waals surface area contributed by atoms with E-state index in [-0.39, 0.29) is 24.1 Å². The molecule has 3 rings (SSSR count). The van der Waals surface area contributed by atoms with Crippen molar-refractivity contribution in [3.63, 3.8) is 0 Å². The summed E-state index contributed by atoms with van der Waals surface area (Å²) >= 11 is 0. The molecule has 1 aliphatic rings. The van der Waals surface area contributed by atoms with Gasteiger partial charge in [0.25, 0.3) is 0 Å². The molecule has 0 spiro atoms. The number of hydrogen-bond acceptors (Lipinski definition) is 3. The monoisotopic (exact) mass is 392 g/mol. The third-order valence-corrected chi connectivity index (χ3v) is 4.17. The third-order valence-electron chi connectivity index (χ3n) is 4.17. The van der Waals surface area contributed by atoms with E-state index in [4.69, 9.17) is 5.73 Å². The fraction of sp³-hybridized carbons (Fsp3) is 0.263. The molecule has 1 heterocycles. The van der Waals surface area contributed by atoms with Crippen LogP contribution in [0.15, 0.2) is 53.5 Å². The second-order valence-corrected chi connectivity index (χ2v) is 6.15. The van der Waals surface area contributed by atoms with Gasteiger partial charge in [0.15, 0.2) is 11.7 Å². The number of aliphatic imine (C=N–C) groups is 1. The number of carbonyl (C=O) groups is 1. The molecule has 6 nitrogen and oxygen atoms in total. The van der Waals surface area contributed by atoms with E-state index in [1.807, 2.05) is 24.3 Å². The van der Waals surface area contributed by atoms with Gasteiger partial charge in [0.2, 0.25) is 5.91 Å². The van der Waals surface area contributed by atoms with E-state index in [2.05, 4.69) is 15.0 Å². The lowest BCUT2D eigenvalue weighted by molar-refractivity contribution is -0.274. The van der Waals surface area contributed by atoms with Crippen LogP contribution in [0, 0.1) is 0 Å². The summed E-state index contributed by atoms with van der Waals surface area (Å²) in [5, 5.41) is 2.54. The van der Waals surface area contributed by atoms with E-state index in [1.165, 1.54) is 18.2 Å². The number of hydrogen-bond donors (Lipinski definition) is 2. The fourth-order valence-corrected chi connectivity index (χ4v) is 2.99. The summed E-state index contributed by atoms with van der Waals surface area (Å²) in [6.07, 6.45) is -3.08. The van der Waals surface area contributed by atoms with Crippen LogP contribution >= 0.6 is 0 Å². The van der Waals surface area contributed by atoms with Crippen LogP contribution in [0.3, 0.4) is 0 Å².